The van der Waals surface area contributed by atoms with Crippen molar-refractivity contribution in [1.82, 2.24) is 5.32 Å². The molecule has 3 heteroatoms. The Kier molecular flexibility index (Phi) is 2.23. The van der Waals surface area contributed by atoms with Crippen LogP contribution in [-0.4, -0.2) is 5.91 Å². The van der Waals surface area contributed by atoms with Crippen LogP contribution in [0.2, 0.25) is 5.02 Å². The Morgan fingerprint density at radius 3 is 2.54 bits per heavy atom. The summed E-state index contributed by atoms with van der Waals surface area (Å²) in [4.78, 5) is 11.0. The monoisotopic (exact) mass is 195 g/mol. The highest BCUT2D eigenvalue weighted by atomic mass is 35.5. The van der Waals surface area contributed by atoms with Crippen LogP contribution in [0.4, 0.5) is 0 Å². The van der Waals surface area contributed by atoms with Crippen molar-refractivity contribution in [2.24, 2.45) is 0 Å². The van der Waals surface area contributed by atoms with E-state index in [-0.39, 0.29) is 11.9 Å². The van der Waals surface area contributed by atoms with E-state index in [4.69, 9.17) is 11.6 Å². The van der Waals surface area contributed by atoms with E-state index >= 15 is 0 Å². The van der Waals surface area contributed by atoms with Crippen LogP contribution in [0.25, 0.3) is 0 Å². The van der Waals surface area contributed by atoms with Gasteiger partial charge in [-0.15, -0.1) is 0 Å². The highest BCUT2D eigenvalue weighted by Crippen LogP contribution is 2.24. The van der Waals surface area contributed by atoms with Crippen molar-refractivity contribution in [3.63, 3.8) is 0 Å². The Labute approximate surface area is 81.9 Å². The second-order valence-electron chi connectivity index (χ2n) is 3.21. The number of rotatable bonds is 1. The summed E-state index contributed by atoms with van der Waals surface area (Å²) in [7, 11) is 0. The maximum Gasteiger partial charge on any atom is 0.220 e. The lowest BCUT2D eigenvalue weighted by atomic mass is 10.1. The summed E-state index contributed by atoms with van der Waals surface area (Å²) in [5.74, 6) is 0.139. The van der Waals surface area contributed by atoms with Crippen molar-refractivity contribution in [3.8, 4) is 0 Å². The van der Waals surface area contributed by atoms with E-state index in [0.717, 1.165) is 17.0 Å². The molecule has 2 rings (SSSR count). The molecule has 1 saturated heterocycles. The zero-order chi connectivity index (χ0) is 9.26. The lowest BCUT2D eigenvalue weighted by Crippen LogP contribution is -2.18. The van der Waals surface area contributed by atoms with Gasteiger partial charge in [0.2, 0.25) is 5.91 Å². The predicted molar refractivity (Wildman–Crippen MR) is 51.6 cm³/mol. The van der Waals surface area contributed by atoms with Gasteiger partial charge in [0, 0.05) is 11.4 Å². The first kappa shape index (κ1) is 8.57. The molecular weight excluding hydrogens is 186 g/mol. The molecule has 1 heterocycles. The van der Waals surface area contributed by atoms with E-state index in [1.54, 1.807) is 0 Å². The van der Waals surface area contributed by atoms with Gasteiger partial charge < -0.3 is 5.32 Å². The fraction of sp³-hybridized carbons (Fsp3) is 0.300. The van der Waals surface area contributed by atoms with Crippen LogP contribution in [0.5, 0.6) is 0 Å². The molecule has 1 atom stereocenters. The second-order valence-corrected chi connectivity index (χ2v) is 3.65. The number of nitrogens with one attached hydrogen (secondary N) is 1. The van der Waals surface area contributed by atoms with Crippen molar-refractivity contribution in [1.29, 1.82) is 0 Å². The Balaban J connectivity index is 2.17. The SMILES string of the molecule is O=C1CC[C@@H](c2ccc(Cl)cc2)N1. The van der Waals surface area contributed by atoms with Gasteiger partial charge in [0.25, 0.3) is 0 Å². The molecular formula is C10H10ClNO. The first-order valence-electron chi connectivity index (χ1n) is 4.30. The number of hydrogen-bond donors (Lipinski definition) is 1. The molecule has 0 unspecified atom stereocenters. The first-order valence-corrected chi connectivity index (χ1v) is 4.68. The third kappa shape index (κ3) is 1.83. The number of carbonyl (C=O) groups is 1. The minimum atomic E-state index is 0.139. The van der Waals surface area contributed by atoms with Crippen LogP contribution in [0.3, 0.4) is 0 Å². The lowest BCUT2D eigenvalue weighted by Gasteiger charge is -2.09. The third-order valence-corrected chi connectivity index (χ3v) is 2.52. The molecule has 1 aliphatic rings. The smallest absolute Gasteiger partial charge is 0.220 e. The van der Waals surface area contributed by atoms with E-state index in [1.165, 1.54) is 0 Å². The van der Waals surface area contributed by atoms with E-state index in [1.807, 2.05) is 24.3 Å². The third-order valence-electron chi connectivity index (χ3n) is 2.27. The molecule has 0 radical (unpaired) electrons. The number of benzene rings is 1. The van der Waals surface area contributed by atoms with Crippen molar-refractivity contribution in [2.45, 2.75) is 18.9 Å². The van der Waals surface area contributed by atoms with Crippen molar-refractivity contribution >= 4 is 17.5 Å². The van der Waals surface area contributed by atoms with E-state index in [9.17, 15) is 4.79 Å². The molecule has 0 aliphatic carbocycles. The summed E-state index contributed by atoms with van der Waals surface area (Å²) in [6.45, 7) is 0. The van der Waals surface area contributed by atoms with Gasteiger partial charge in [0.15, 0.2) is 0 Å². The van der Waals surface area contributed by atoms with Crippen molar-refractivity contribution in [2.75, 3.05) is 0 Å². The summed E-state index contributed by atoms with van der Waals surface area (Å²) >= 11 is 5.76. The quantitative estimate of drug-likeness (QED) is 0.732. The van der Waals surface area contributed by atoms with Crippen molar-refractivity contribution < 1.29 is 4.79 Å². The summed E-state index contributed by atoms with van der Waals surface area (Å²) in [5, 5.41) is 3.64. The van der Waals surface area contributed by atoms with Gasteiger partial charge in [-0.25, -0.2) is 0 Å². The molecule has 1 fully saturated rings. The number of hydrogen-bond acceptors (Lipinski definition) is 1. The topological polar surface area (TPSA) is 29.1 Å². The molecule has 2 nitrogen and oxygen atoms in total. The van der Waals surface area contributed by atoms with Crippen molar-refractivity contribution in [3.05, 3.63) is 34.9 Å². The van der Waals surface area contributed by atoms with E-state index in [0.29, 0.717) is 6.42 Å². The fourth-order valence-electron chi connectivity index (χ4n) is 1.56. The first-order chi connectivity index (χ1) is 6.25. The lowest BCUT2D eigenvalue weighted by molar-refractivity contribution is -0.119. The minimum absolute atomic E-state index is 0.139. The van der Waals surface area contributed by atoms with Gasteiger partial charge in [-0.3, -0.25) is 4.79 Å². The molecule has 68 valence electrons. The highest BCUT2D eigenvalue weighted by Gasteiger charge is 2.21. The standard InChI is InChI=1S/C10H10ClNO/c11-8-3-1-7(2-4-8)9-5-6-10(13)12-9/h1-4,9H,5-6H2,(H,12,13)/t9-/m0/s1. The summed E-state index contributed by atoms with van der Waals surface area (Å²) in [5.41, 5.74) is 1.13. The van der Waals surface area contributed by atoms with Gasteiger partial charge >= 0.3 is 0 Å². The molecule has 0 spiro atoms. The molecule has 13 heavy (non-hydrogen) atoms. The van der Waals surface area contributed by atoms with Gasteiger partial charge in [-0.05, 0) is 24.1 Å². The average molecular weight is 196 g/mol. The van der Waals surface area contributed by atoms with Gasteiger partial charge in [0.1, 0.15) is 0 Å². The zero-order valence-electron chi connectivity index (χ0n) is 7.09. The Hall–Kier alpha value is -1.02. The molecule has 1 amide bonds. The summed E-state index contributed by atoms with van der Waals surface area (Å²) in [6, 6.07) is 7.80. The Bertz CT molecular complexity index is 320. The largest absolute Gasteiger partial charge is 0.349 e. The molecule has 1 aliphatic heterocycles. The normalized spacial score (nSPS) is 21.6. The molecule has 0 saturated carbocycles. The van der Waals surface area contributed by atoms with E-state index in [2.05, 4.69) is 5.32 Å². The van der Waals surface area contributed by atoms with E-state index < -0.39 is 0 Å². The summed E-state index contributed by atoms with van der Waals surface area (Å²) < 4.78 is 0. The molecule has 0 aromatic heterocycles. The number of halogens is 1. The zero-order valence-corrected chi connectivity index (χ0v) is 7.84. The van der Waals surface area contributed by atoms with Gasteiger partial charge in [-0.2, -0.15) is 0 Å². The van der Waals surface area contributed by atoms with Crippen LogP contribution < -0.4 is 5.32 Å². The van der Waals surface area contributed by atoms with Crippen LogP contribution in [0.1, 0.15) is 24.4 Å². The molecule has 1 aromatic carbocycles. The van der Waals surface area contributed by atoms with Crippen LogP contribution in [0, 0.1) is 0 Å². The Morgan fingerprint density at radius 1 is 1.31 bits per heavy atom. The maximum absolute atomic E-state index is 11.0. The van der Waals surface area contributed by atoms with Crippen LogP contribution in [0.15, 0.2) is 24.3 Å². The predicted octanol–water partition coefficient (Wildman–Crippen LogP) is 2.29. The average Bonchev–Trinajstić information content (AvgIpc) is 2.53. The fourth-order valence-corrected chi connectivity index (χ4v) is 1.69. The minimum Gasteiger partial charge on any atom is -0.349 e. The summed E-state index contributed by atoms with van der Waals surface area (Å²) in [6.07, 6.45) is 1.52. The van der Waals surface area contributed by atoms with Gasteiger partial charge in [-0.1, -0.05) is 23.7 Å². The second kappa shape index (κ2) is 3.38. The highest BCUT2D eigenvalue weighted by molar-refractivity contribution is 6.30. The van der Waals surface area contributed by atoms with Gasteiger partial charge in [0.05, 0.1) is 6.04 Å². The number of amides is 1. The molecule has 0 bridgehead atoms. The van der Waals surface area contributed by atoms with Crippen LogP contribution >= 0.6 is 11.6 Å². The number of carbonyl (C=O) groups excluding carboxylic acids is 1. The Morgan fingerprint density at radius 2 is 2.00 bits per heavy atom. The van der Waals surface area contributed by atoms with Crippen LogP contribution in [-0.2, 0) is 4.79 Å². The molecule has 1 aromatic rings. The maximum atomic E-state index is 11.0. The molecule has 1 N–H and O–H groups in total.